The maximum atomic E-state index is 12.5. The van der Waals surface area contributed by atoms with Crippen LogP contribution in [0.2, 0.25) is 0 Å². The van der Waals surface area contributed by atoms with E-state index in [0.717, 1.165) is 0 Å². The van der Waals surface area contributed by atoms with Crippen molar-refractivity contribution in [2.45, 2.75) is 31.9 Å². The van der Waals surface area contributed by atoms with Crippen molar-refractivity contribution < 1.29 is 42.2 Å². The van der Waals surface area contributed by atoms with Gasteiger partial charge in [0.05, 0.1) is 0 Å². The average Bonchev–Trinajstić information content (AvgIpc) is 2.95. The first kappa shape index (κ1) is 23.9. The van der Waals surface area contributed by atoms with Gasteiger partial charge in [0.15, 0.2) is 6.17 Å². The minimum atomic E-state index is -4.78. The third-order valence-electron chi connectivity index (χ3n) is 4.78. The van der Waals surface area contributed by atoms with Crippen LogP contribution in [-0.4, -0.2) is 58.2 Å². The molecule has 2 N–H and O–H groups in total. The van der Waals surface area contributed by atoms with Gasteiger partial charge in [-0.3, -0.25) is 14.8 Å². The molecule has 1 aliphatic heterocycles. The first-order chi connectivity index (χ1) is 15.4. The molecule has 4 amide bonds. The summed E-state index contributed by atoms with van der Waals surface area (Å²) in [6, 6.07) is 10.9. The van der Waals surface area contributed by atoms with Gasteiger partial charge in [-0.25, -0.2) is 9.69 Å². The van der Waals surface area contributed by atoms with E-state index >= 15 is 0 Å². The molecule has 33 heavy (non-hydrogen) atoms. The van der Waals surface area contributed by atoms with Crippen LogP contribution in [0.15, 0.2) is 48.5 Å². The standard InChI is InChI=1S/C21H20F3N3O6/c1-20(2)18(29)27(19(30)25-20)17(26(31)12-28)11-32-15-7-3-13(4-8-15)14-5-9-16(10-6-14)33-21(22,23)24/h3-10,12,17,31H,11H2,1-2H3,(H,25,30). The summed E-state index contributed by atoms with van der Waals surface area (Å²) < 4.78 is 46.2. The van der Waals surface area contributed by atoms with Gasteiger partial charge < -0.3 is 14.8 Å². The van der Waals surface area contributed by atoms with E-state index in [1.165, 1.54) is 38.1 Å². The molecule has 0 saturated carbocycles. The maximum Gasteiger partial charge on any atom is 0.573 e. The summed E-state index contributed by atoms with van der Waals surface area (Å²) in [4.78, 5) is 36.4. The highest BCUT2D eigenvalue weighted by atomic mass is 19.4. The normalized spacial score (nSPS) is 16.2. The topological polar surface area (TPSA) is 108 Å². The Labute approximate surface area is 186 Å². The van der Waals surface area contributed by atoms with Gasteiger partial charge in [-0.2, -0.15) is 5.06 Å². The highest BCUT2D eigenvalue weighted by molar-refractivity contribution is 6.06. The van der Waals surface area contributed by atoms with Crippen molar-refractivity contribution in [1.82, 2.24) is 15.3 Å². The molecule has 1 fully saturated rings. The number of amides is 4. The summed E-state index contributed by atoms with van der Waals surface area (Å²) in [5, 5.41) is 12.5. The fraction of sp³-hybridized carbons (Fsp3) is 0.286. The zero-order chi connectivity index (χ0) is 24.4. The Morgan fingerprint density at radius 3 is 2.00 bits per heavy atom. The van der Waals surface area contributed by atoms with E-state index < -0.39 is 36.6 Å². The van der Waals surface area contributed by atoms with E-state index in [0.29, 0.717) is 21.8 Å². The molecule has 0 spiro atoms. The molecule has 2 aromatic carbocycles. The lowest BCUT2D eigenvalue weighted by molar-refractivity contribution is -0.274. The van der Waals surface area contributed by atoms with Gasteiger partial charge in [0.25, 0.3) is 5.91 Å². The second kappa shape index (κ2) is 8.98. The Morgan fingerprint density at radius 1 is 1.06 bits per heavy atom. The molecule has 2 aromatic rings. The average molecular weight is 467 g/mol. The fourth-order valence-electron chi connectivity index (χ4n) is 3.15. The number of hydrogen-bond acceptors (Lipinski definition) is 6. The molecular weight excluding hydrogens is 447 g/mol. The predicted molar refractivity (Wildman–Crippen MR) is 107 cm³/mol. The second-order valence-electron chi connectivity index (χ2n) is 7.60. The van der Waals surface area contributed by atoms with Crippen molar-refractivity contribution in [3.8, 4) is 22.6 Å². The van der Waals surface area contributed by atoms with Crippen molar-refractivity contribution >= 4 is 18.3 Å². The van der Waals surface area contributed by atoms with E-state index in [1.54, 1.807) is 24.3 Å². The summed E-state index contributed by atoms with van der Waals surface area (Å²) in [5.41, 5.74) is 0.0875. The van der Waals surface area contributed by atoms with E-state index in [9.17, 15) is 32.8 Å². The molecular formula is C21H20F3N3O6. The van der Waals surface area contributed by atoms with Crippen LogP contribution in [0.5, 0.6) is 11.5 Å². The summed E-state index contributed by atoms with van der Waals surface area (Å²) in [5.74, 6) is -0.689. The minimum absolute atomic E-state index is 0.0508. The molecule has 1 aliphatic rings. The van der Waals surface area contributed by atoms with Gasteiger partial charge in [0, 0.05) is 0 Å². The molecule has 176 valence electrons. The number of urea groups is 1. The van der Waals surface area contributed by atoms with Crippen LogP contribution in [0.1, 0.15) is 13.8 Å². The largest absolute Gasteiger partial charge is 0.573 e. The molecule has 3 rings (SSSR count). The molecule has 0 radical (unpaired) electrons. The molecule has 0 bridgehead atoms. The number of nitrogens with zero attached hydrogens (tertiary/aromatic N) is 2. The molecule has 1 heterocycles. The molecule has 0 aromatic heterocycles. The van der Waals surface area contributed by atoms with Crippen molar-refractivity contribution in [2.24, 2.45) is 0 Å². The molecule has 0 aliphatic carbocycles. The SMILES string of the molecule is CC1(C)NC(=O)N(C(COc2ccc(-c3ccc(OC(F)(F)F)cc3)cc2)N(O)C=O)C1=O. The van der Waals surface area contributed by atoms with E-state index in [4.69, 9.17) is 4.74 Å². The van der Waals surface area contributed by atoms with Gasteiger partial charge in [0.2, 0.25) is 6.41 Å². The van der Waals surface area contributed by atoms with E-state index in [2.05, 4.69) is 10.1 Å². The highest BCUT2D eigenvalue weighted by Crippen LogP contribution is 2.28. The summed E-state index contributed by atoms with van der Waals surface area (Å²) in [7, 11) is 0. The number of nitrogens with one attached hydrogen (secondary N) is 1. The Hall–Kier alpha value is -3.80. The van der Waals surface area contributed by atoms with Crippen molar-refractivity contribution in [3.05, 3.63) is 48.5 Å². The Bertz CT molecular complexity index is 1030. The Kier molecular flexibility index (Phi) is 6.49. The number of rotatable bonds is 8. The Morgan fingerprint density at radius 2 is 1.58 bits per heavy atom. The minimum Gasteiger partial charge on any atom is -0.489 e. The number of imide groups is 1. The van der Waals surface area contributed by atoms with Gasteiger partial charge in [0.1, 0.15) is 23.6 Å². The predicted octanol–water partition coefficient (Wildman–Crippen LogP) is 3.14. The van der Waals surface area contributed by atoms with Crippen LogP contribution in [0.3, 0.4) is 0 Å². The third kappa shape index (κ3) is 5.52. The fourth-order valence-corrected chi connectivity index (χ4v) is 3.15. The lowest BCUT2D eigenvalue weighted by Gasteiger charge is -2.29. The number of hydrogen-bond donors (Lipinski definition) is 2. The quantitative estimate of drug-likeness (QED) is 0.267. The van der Waals surface area contributed by atoms with Gasteiger partial charge in [-0.05, 0) is 49.2 Å². The zero-order valence-corrected chi connectivity index (χ0v) is 17.5. The number of ether oxygens (including phenoxy) is 2. The number of hydroxylamine groups is 2. The molecule has 1 unspecified atom stereocenters. The monoisotopic (exact) mass is 467 g/mol. The first-order valence-electron chi connectivity index (χ1n) is 9.58. The van der Waals surface area contributed by atoms with Crippen LogP contribution in [0.4, 0.5) is 18.0 Å². The first-order valence-corrected chi connectivity index (χ1v) is 9.58. The Balaban J connectivity index is 1.69. The van der Waals surface area contributed by atoms with Crippen LogP contribution < -0.4 is 14.8 Å². The van der Waals surface area contributed by atoms with Crippen LogP contribution in [0.25, 0.3) is 11.1 Å². The van der Waals surface area contributed by atoms with Gasteiger partial charge in [-0.15, -0.1) is 13.2 Å². The van der Waals surface area contributed by atoms with E-state index in [1.807, 2.05) is 0 Å². The summed E-state index contributed by atoms with van der Waals surface area (Å²) in [6.07, 6.45) is -6.13. The summed E-state index contributed by atoms with van der Waals surface area (Å²) in [6.45, 7) is 2.55. The van der Waals surface area contributed by atoms with Gasteiger partial charge >= 0.3 is 12.4 Å². The van der Waals surface area contributed by atoms with Crippen LogP contribution >= 0.6 is 0 Å². The van der Waals surface area contributed by atoms with Crippen LogP contribution in [-0.2, 0) is 9.59 Å². The zero-order valence-electron chi connectivity index (χ0n) is 17.5. The maximum absolute atomic E-state index is 12.5. The second-order valence-corrected chi connectivity index (χ2v) is 7.60. The number of alkyl halides is 3. The molecule has 1 saturated heterocycles. The van der Waals surface area contributed by atoms with E-state index in [-0.39, 0.29) is 17.2 Å². The number of carbonyl (C=O) groups is 3. The van der Waals surface area contributed by atoms with Crippen LogP contribution in [0, 0.1) is 0 Å². The smallest absolute Gasteiger partial charge is 0.489 e. The van der Waals surface area contributed by atoms with Crippen molar-refractivity contribution in [2.75, 3.05) is 6.61 Å². The summed E-state index contributed by atoms with van der Waals surface area (Å²) >= 11 is 0. The van der Waals surface area contributed by atoms with Crippen molar-refractivity contribution in [1.29, 1.82) is 0 Å². The number of benzene rings is 2. The number of carbonyl (C=O) groups excluding carboxylic acids is 3. The highest BCUT2D eigenvalue weighted by Gasteiger charge is 2.49. The molecule has 9 nitrogen and oxygen atoms in total. The molecule has 12 heteroatoms. The third-order valence-corrected chi connectivity index (χ3v) is 4.78. The lowest BCUT2D eigenvalue weighted by Crippen LogP contribution is -2.53. The molecule has 1 atom stereocenters. The number of halogens is 3. The lowest BCUT2D eigenvalue weighted by atomic mass is 10.1. The van der Waals surface area contributed by atoms with Gasteiger partial charge in [-0.1, -0.05) is 24.3 Å². The van der Waals surface area contributed by atoms with Crippen molar-refractivity contribution in [3.63, 3.8) is 0 Å².